The third-order valence-electron chi connectivity index (χ3n) is 7.76. The van der Waals surface area contributed by atoms with Crippen molar-refractivity contribution in [1.82, 2.24) is 10.4 Å². The average molecular weight is 481 g/mol. The molecule has 3 N–H and O–H groups in total. The van der Waals surface area contributed by atoms with E-state index in [1.54, 1.807) is 5.06 Å². The van der Waals surface area contributed by atoms with Crippen LogP contribution in [0.5, 0.6) is 0 Å². The number of rotatable bonds is 7. The fraction of sp³-hybridized carbons (Fsp3) is 0.552. The largest absolute Gasteiger partial charge is 0.396 e. The van der Waals surface area contributed by atoms with Crippen LogP contribution in [0.1, 0.15) is 51.2 Å². The standard InChI is InChI=1S/C29H40N2O4/c1-19-7-5-9-22(13-19)23-10-6-8-21(14-23)16-31-27(24(17-32)26(18-33)35-31)28(34)30-25-11-12-29(3,4)15-20(25)2/h5-10,13-14,20,24-27,32-33H,11-12,15-18H2,1-4H3,(H,30,34)/t20?,24?,25-,26?,27?/m0/s1. The molecule has 2 aromatic rings. The van der Waals surface area contributed by atoms with Gasteiger partial charge in [0.25, 0.3) is 0 Å². The minimum absolute atomic E-state index is 0.106. The van der Waals surface area contributed by atoms with Crippen LogP contribution in [0.3, 0.4) is 0 Å². The summed E-state index contributed by atoms with van der Waals surface area (Å²) in [6.07, 6.45) is 2.47. The minimum Gasteiger partial charge on any atom is -0.396 e. The Morgan fingerprint density at radius 3 is 2.49 bits per heavy atom. The van der Waals surface area contributed by atoms with E-state index in [4.69, 9.17) is 4.84 Å². The van der Waals surface area contributed by atoms with E-state index < -0.39 is 18.1 Å². The summed E-state index contributed by atoms with van der Waals surface area (Å²) < 4.78 is 0. The van der Waals surface area contributed by atoms with Crippen molar-refractivity contribution in [2.75, 3.05) is 13.2 Å². The second-order valence-corrected chi connectivity index (χ2v) is 11.3. The highest BCUT2D eigenvalue weighted by atomic mass is 16.7. The lowest BCUT2D eigenvalue weighted by molar-refractivity contribution is -0.182. The summed E-state index contributed by atoms with van der Waals surface area (Å²) in [5.41, 5.74) is 4.73. The van der Waals surface area contributed by atoms with E-state index in [0.717, 1.165) is 36.0 Å². The molecule has 1 amide bonds. The second kappa shape index (κ2) is 10.8. The summed E-state index contributed by atoms with van der Waals surface area (Å²) >= 11 is 0. The number of hydrogen-bond donors (Lipinski definition) is 3. The first-order valence-corrected chi connectivity index (χ1v) is 12.8. The number of nitrogens with zero attached hydrogens (tertiary/aromatic N) is 1. The fourth-order valence-electron chi connectivity index (χ4n) is 5.86. The average Bonchev–Trinajstić information content (AvgIpc) is 3.18. The molecule has 1 saturated carbocycles. The normalized spacial score (nSPS) is 28.7. The SMILES string of the molecule is Cc1cccc(-c2cccc(CN3OC(CO)C(CO)C3C(=O)N[C@H]3CCC(C)(C)CC3C)c2)c1. The molecule has 35 heavy (non-hydrogen) atoms. The molecule has 6 heteroatoms. The topological polar surface area (TPSA) is 82.0 Å². The maximum atomic E-state index is 13.6. The van der Waals surface area contributed by atoms with Crippen molar-refractivity contribution in [2.24, 2.45) is 17.3 Å². The molecule has 1 saturated heterocycles. The van der Waals surface area contributed by atoms with Crippen LogP contribution in [0.25, 0.3) is 11.1 Å². The number of benzene rings is 2. The van der Waals surface area contributed by atoms with Crippen LogP contribution >= 0.6 is 0 Å². The fourth-order valence-corrected chi connectivity index (χ4v) is 5.86. The van der Waals surface area contributed by atoms with Gasteiger partial charge in [-0.05, 0) is 60.3 Å². The van der Waals surface area contributed by atoms with Crippen molar-refractivity contribution in [2.45, 2.75) is 71.7 Å². The first-order chi connectivity index (χ1) is 16.7. The third-order valence-corrected chi connectivity index (χ3v) is 7.76. The van der Waals surface area contributed by atoms with E-state index in [1.807, 2.05) is 18.2 Å². The van der Waals surface area contributed by atoms with Gasteiger partial charge in [0.2, 0.25) is 5.91 Å². The van der Waals surface area contributed by atoms with Gasteiger partial charge >= 0.3 is 0 Å². The molecule has 2 aliphatic rings. The molecule has 0 bridgehead atoms. The number of amides is 1. The second-order valence-electron chi connectivity index (χ2n) is 11.3. The zero-order valence-electron chi connectivity index (χ0n) is 21.4. The van der Waals surface area contributed by atoms with E-state index >= 15 is 0 Å². The van der Waals surface area contributed by atoms with Crippen molar-refractivity contribution in [1.29, 1.82) is 0 Å². The third kappa shape index (κ3) is 5.95. The molecule has 0 spiro atoms. The predicted octanol–water partition coefficient (Wildman–Crippen LogP) is 4.08. The number of nitrogens with one attached hydrogen (secondary N) is 1. The Morgan fingerprint density at radius 2 is 1.83 bits per heavy atom. The molecule has 1 aliphatic carbocycles. The van der Waals surface area contributed by atoms with Crippen LogP contribution in [0.15, 0.2) is 48.5 Å². The number of carbonyl (C=O) groups is 1. The van der Waals surface area contributed by atoms with Crippen LogP contribution in [0, 0.1) is 24.2 Å². The van der Waals surface area contributed by atoms with Crippen molar-refractivity contribution >= 4 is 5.91 Å². The number of carbonyl (C=O) groups excluding carboxylic acids is 1. The van der Waals surface area contributed by atoms with E-state index in [0.29, 0.717) is 17.9 Å². The molecule has 0 radical (unpaired) electrons. The van der Waals surface area contributed by atoms with Crippen molar-refractivity contribution < 1.29 is 19.8 Å². The number of aliphatic hydroxyl groups excluding tert-OH is 2. The molecule has 1 heterocycles. The predicted molar refractivity (Wildman–Crippen MR) is 137 cm³/mol. The van der Waals surface area contributed by atoms with Gasteiger partial charge in [-0.3, -0.25) is 9.63 Å². The van der Waals surface area contributed by atoms with E-state index in [9.17, 15) is 15.0 Å². The lowest BCUT2D eigenvalue weighted by Gasteiger charge is -2.40. The Balaban J connectivity index is 1.53. The Labute approximate surface area is 209 Å². The van der Waals surface area contributed by atoms with Crippen molar-refractivity contribution in [3.8, 4) is 11.1 Å². The van der Waals surface area contributed by atoms with E-state index in [1.165, 1.54) is 5.56 Å². The van der Waals surface area contributed by atoms with Gasteiger partial charge in [-0.2, -0.15) is 5.06 Å². The van der Waals surface area contributed by atoms with Crippen LogP contribution in [0.4, 0.5) is 0 Å². The van der Waals surface area contributed by atoms with Crippen molar-refractivity contribution in [3.63, 3.8) is 0 Å². The lowest BCUT2D eigenvalue weighted by atomic mass is 9.70. The molecule has 1 aliphatic heterocycles. The molecular formula is C29H40N2O4. The highest BCUT2D eigenvalue weighted by Crippen LogP contribution is 2.39. The quantitative estimate of drug-likeness (QED) is 0.556. The van der Waals surface area contributed by atoms with Crippen LogP contribution in [0.2, 0.25) is 0 Å². The van der Waals surface area contributed by atoms with Gasteiger partial charge in [-0.1, -0.05) is 68.8 Å². The molecule has 0 aromatic heterocycles. The van der Waals surface area contributed by atoms with Gasteiger partial charge in [0, 0.05) is 12.0 Å². The number of hydroxylamine groups is 2. The number of aryl methyl sites for hydroxylation is 1. The highest BCUT2D eigenvalue weighted by molar-refractivity contribution is 5.82. The summed E-state index contributed by atoms with van der Waals surface area (Å²) in [6, 6.07) is 16.0. The molecule has 6 nitrogen and oxygen atoms in total. The summed E-state index contributed by atoms with van der Waals surface area (Å²) in [7, 11) is 0. The Hall–Kier alpha value is -2.25. The Bertz CT molecular complexity index is 1020. The Kier molecular flexibility index (Phi) is 7.96. The Morgan fingerprint density at radius 1 is 1.11 bits per heavy atom. The first-order valence-electron chi connectivity index (χ1n) is 12.8. The summed E-state index contributed by atoms with van der Waals surface area (Å²) in [5, 5.41) is 24.9. The lowest BCUT2D eigenvalue weighted by Crippen LogP contribution is -2.53. The van der Waals surface area contributed by atoms with Gasteiger partial charge in [0.05, 0.1) is 19.8 Å². The molecule has 4 unspecified atom stereocenters. The smallest absolute Gasteiger partial charge is 0.240 e. The maximum absolute atomic E-state index is 13.6. The van der Waals surface area contributed by atoms with Gasteiger partial charge < -0.3 is 15.5 Å². The monoisotopic (exact) mass is 480 g/mol. The van der Waals surface area contributed by atoms with Crippen LogP contribution in [-0.2, 0) is 16.2 Å². The summed E-state index contributed by atoms with van der Waals surface area (Å²) in [5.74, 6) is -0.243. The van der Waals surface area contributed by atoms with E-state index in [2.05, 4.69) is 63.3 Å². The van der Waals surface area contributed by atoms with Crippen LogP contribution in [-0.4, -0.2) is 52.6 Å². The summed E-state index contributed by atoms with van der Waals surface area (Å²) in [4.78, 5) is 19.6. The molecule has 2 aromatic carbocycles. The molecular weight excluding hydrogens is 440 g/mol. The van der Waals surface area contributed by atoms with E-state index in [-0.39, 0.29) is 25.2 Å². The molecule has 4 rings (SSSR count). The minimum atomic E-state index is -0.665. The van der Waals surface area contributed by atoms with Gasteiger partial charge in [-0.15, -0.1) is 0 Å². The highest BCUT2D eigenvalue weighted by Gasteiger charge is 2.47. The molecule has 2 fully saturated rings. The molecule has 190 valence electrons. The number of aliphatic hydroxyl groups is 2. The number of hydrogen-bond acceptors (Lipinski definition) is 5. The first kappa shape index (κ1) is 25.8. The van der Waals surface area contributed by atoms with Gasteiger partial charge in [-0.25, -0.2) is 0 Å². The zero-order valence-corrected chi connectivity index (χ0v) is 21.4. The maximum Gasteiger partial charge on any atom is 0.240 e. The van der Waals surface area contributed by atoms with Crippen LogP contribution < -0.4 is 5.32 Å². The van der Waals surface area contributed by atoms with Gasteiger partial charge in [0.1, 0.15) is 12.1 Å². The van der Waals surface area contributed by atoms with Gasteiger partial charge in [0.15, 0.2) is 0 Å². The zero-order chi connectivity index (χ0) is 25.2. The van der Waals surface area contributed by atoms with Crippen molar-refractivity contribution in [3.05, 3.63) is 59.7 Å². The molecule has 5 atom stereocenters. The summed E-state index contributed by atoms with van der Waals surface area (Å²) in [6.45, 7) is 8.76.